The van der Waals surface area contributed by atoms with Crippen molar-refractivity contribution in [2.75, 3.05) is 0 Å². The van der Waals surface area contributed by atoms with Crippen LogP contribution in [0.25, 0.3) is 0 Å². The van der Waals surface area contributed by atoms with Crippen molar-refractivity contribution in [3.05, 3.63) is 11.6 Å². The van der Waals surface area contributed by atoms with Gasteiger partial charge >= 0.3 is 16.5 Å². The average Bonchev–Trinajstić information content (AvgIpc) is 1.65. The molecule has 0 aliphatic heterocycles. The molecule has 0 unspecified atom stereocenters. The predicted molar refractivity (Wildman–Crippen MR) is 31.3 cm³/mol. The summed E-state index contributed by atoms with van der Waals surface area (Å²) in [5.41, 5.74) is 0.924. The maximum absolute atomic E-state index is 10.3. The lowest BCUT2D eigenvalue weighted by Crippen LogP contribution is -1.95. The second-order valence-corrected chi connectivity index (χ2v) is 1.85. The third-order valence-electron chi connectivity index (χ3n) is 0.507. The fraction of sp³-hybridized carbons (Fsp3) is 0.400. The van der Waals surface area contributed by atoms with E-state index >= 15 is 0 Å². The van der Waals surface area contributed by atoms with Gasteiger partial charge < -0.3 is 4.43 Å². The van der Waals surface area contributed by atoms with E-state index in [0.717, 1.165) is 5.57 Å². The van der Waals surface area contributed by atoms with Crippen molar-refractivity contribution in [3.63, 3.8) is 0 Å². The number of rotatable bonds is 1. The Morgan fingerprint density at radius 3 is 2.25 bits per heavy atom. The van der Waals surface area contributed by atoms with Gasteiger partial charge in [0.1, 0.15) is 0 Å². The van der Waals surface area contributed by atoms with Crippen LogP contribution >= 0.6 is 0 Å². The van der Waals surface area contributed by atoms with Crippen LogP contribution in [0.4, 0.5) is 0 Å². The second-order valence-electron chi connectivity index (χ2n) is 1.64. The predicted octanol–water partition coefficient (Wildman–Crippen LogP) is 0.579. The van der Waals surface area contributed by atoms with E-state index in [-0.39, 0.29) is 5.97 Å². The normalized spacial score (nSPS) is 7.88. The zero-order chi connectivity index (χ0) is 6.57. The summed E-state index contributed by atoms with van der Waals surface area (Å²) in [6.07, 6.45) is 1.40. The second kappa shape index (κ2) is 3.43. The van der Waals surface area contributed by atoms with E-state index in [1.165, 1.54) is 6.08 Å². The summed E-state index contributed by atoms with van der Waals surface area (Å²) in [6.45, 7) is 3.65. The molecule has 0 bridgehead atoms. The molecule has 0 aromatic carbocycles. The highest BCUT2D eigenvalue weighted by molar-refractivity contribution is 6.07. The molecule has 0 aliphatic rings. The highest BCUT2D eigenvalue weighted by Gasteiger charge is 1.89. The SMILES string of the molecule is CC(C)=CC(=O)O[Si]. The Balaban J connectivity index is 3.70. The summed E-state index contributed by atoms with van der Waals surface area (Å²) in [5.74, 6) is -0.373. The van der Waals surface area contributed by atoms with Crippen LogP contribution in [0.1, 0.15) is 13.8 Å². The Morgan fingerprint density at radius 2 is 2.12 bits per heavy atom. The molecular formula is C5H7O2Si. The zero-order valence-corrected chi connectivity index (χ0v) is 5.89. The van der Waals surface area contributed by atoms with Gasteiger partial charge in [-0.2, -0.15) is 0 Å². The summed E-state index contributed by atoms with van der Waals surface area (Å²) in [7, 11) is 2.59. The molecule has 2 nitrogen and oxygen atoms in total. The molecule has 0 fully saturated rings. The fourth-order valence-corrected chi connectivity index (χ4v) is 0.324. The molecule has 0 aliphatic carbocycles. The van der Waals surface area contributed by atoms with E-state index in [1.54, 1.807) is 0 Å². The third kappa shape index (κ3) is 3.61. The quantitative estimate of drug-likeness (QED) is 0.380. The zero-order valence-electron chi connectivity index (χ0n) is 4.89. The first-order chi connectivity index (χ1) is 3.66. The number of carbonyl (C=O) groups excluding carboxylic acids is 1. The Bertz CT molecular complexity index is 114. The van der Waals surface area contributed by atoms with Crippen LogP contribution in [0.15, 0.2) is 11.6 Å². The molecular weight excluding hydrogens is 120 g/mol. The molecule has 0 saturated heterocycles. The van der Waals surface area contributed by atoms with E-state index in [0.29, 0.717) is 0 Å². The highest BCUT2D eigenvalue weighted by atomic mass is 28.2. The summed E-state index contributed by atoms with van der Waals surface area (Å²) < 4.78 is 4.15. The molecule has 0 amide bonds. The van der Waals surface area contributed by atoms with Gasteiger partial charge in [0.25, 0.3) is 0 Å². The van der Waals surface area contributed by atoms with Gasteiger partial charge in [-0.05, 0) is 13.8 Å². The van der Waals surface area contributed by atoms with E-state index in [4.69, 9.17) is 0 Å². The van der Waals surface area contributed by atoms with Gasteiger partial charge in [0.05, 0.1) is 0 Å². The van der Waals surface area contributed by atoms with E-state index in [2.05, 4.69) is 14.9 Å². The number of hydrogen-bond donors (Lipinski definition) is 0. The smallest absolute Gasteiger partial charge is 0.345 e. The molecule has 0 aromatic rings. The van der Waals surface area contributed by atoms with Gasteiger partial charge in [0.15, 0.2) is 0 Å². The largest absolute Gasteiger partial charge is 0.513 e. The molecule has 43 valence electrons. The molecule has 0 saturated carbocycles. The maximum Gasteiger partial charge on any atom is 0.345 e. The van der Waals surface area contributed by atoms with E-state index in [1.807, 2.05) is 13.8 Å². The molecule has 3 heteroatoms. The lowest BCUT2D eigenvalue weighted by Gasteiger charge is -1.89. The van der Waals surface area contributed by atoms with Crippen LogP contribution in [-0.4, -0.2) is 16.5 Å². The minimum Gasteiger partial charge on any atom is -0.513 e. The van der Waals surface area contributed by atoms with Crippen LogP contribution in [0, 0.1) is 0 Å². The Kier molecular flexibility index (Phi) is 3.19. The number of hydrogen-bond acceptors (Lipinski definition) is 2. The van der Waals surface area contributed by atoms with Crippen LogP contribution in [0.5, 0.6) is 0 Å². The Hall–Kier alpha value is -0.573. The van der Waals surface area contributed by atoms with Crippen molar-refractivity contribution in [1.29, 1.82) is 0 Å². The van der Waals surface area contributed by atoms with Crippen molar-refractivity contribution < 1.29 is 9.22 Å². The van der Waals surface area contributed by atoms with Gasteiger partial charge in [-0.3, -0.25) is 0 Å². The topological polar surface area (TPSA) is 26.3 Å². The maximum atomic E-state index is 10.3. The van der Waals surface area contributed by atoms with Crippen molar-refractivity contribution >= 4 is 16.5 Å². The lowest BCUT2D eigenvalue weighted by molar-refractivity contribution is -0.128. The summed E-state index contributed by atoms with van der Waals surface area (Å²) in [6, 6.07) is 0. The molecule has 8 heavy (non-hydrogen) atoms. The van der Waals surface area contributed by atoms with Crippen LogP contribution in [-0.2, 0) is 9.22 Å². The average molecular weight is 127 g/mol. The molecule has 0 heterocycles. The van der Waals surface area contributed by atoms with Gasteiger partial charge in [-0.15, -0.1) is 0 Å². The summed E-state index contributed by atoms with van der Waals surface area (Å²) >= 11 is 0. The number of allylic oxidation sites excluding steroid dienone is 1. The van der Waals surface area contributed by atoms with Gasteiger partial charge in [0, 0.05) is 6.08 Å². The van der Waals surface area contributed by atoms with Gasteiger partial charge in [0.2, 0.25) is 0 Å². The van der Waals surface area contributed by atoms with Crippen LogP contribution in [0.3, 0.4) is 0 Å². The molecule has 0 atom stereocenters. The van der Waals surface area contributed by atoms with Crippen LogP contribution in [0.2, 0.25) is 0 Å². The first-order valence-corrected chi connectivity index (χ1v) is 2.60. The molecule has 0 aromatic heterocycles. The van der Waals surface area contributed by atoms with Crippen molar-refractivity contribution in [2.24, 2.45) is 0 Å². The van der Waals surface area contributed by atoms with Gasteiger partial charge in [-0.1, -0.05) is 5.57 Å². The summed E-state index contributed by atoms with van der Waals surface area (Å²) in [5, 5.41) is 0. The van der Waals surface area contributed by atoms with Crippen LogP contribution < -0.4 is 0 Å². The Morgan fingerprint density at radius 1 is 1.62 bits per heavy atom. The highest BCUT2D eigenvalue weighted by Crippen LogP contribution is 1.87. The molecule has 0 rings (SSSR count). The van der Waals surface area contributed by atoms with E-state index < -0.39 is 0 Å². The van der Waals surface area contributed by atoms with Crippen molar-refractivity contribution in [1.82, 2.24) is 0 Å². The molecule has 0 N–H and O–H groups in total. The first kappa shape index (κ1) is 7.43. The standard InChI is InChI=1S/C5H7O2Si/c1-4(2)3-5(6)7-8/h3H,1-2H3. The lowest BCUT2D eigenvalue weighted by atomic mass is 10.3. The monoisotopic (exact) mass is 127 g/mol. The van der Waals surface area contributed by atoms with E-state index in [9.17, 15) is 4.79 Å². The van der Waals surface area contributed by atoms with Crippen molar-refractivity contribution in [2.45, 2.75) is 13.8 Å². The molecule has 3 radical (unpaired) electrons. The summed E-state index contributed by atoms with van der Waals surface area (Å²) in [4.78, 5) is 10.3. The van der Waals surface area contributed by atoms with Crippen molar-refractivity contribution in [3.8, 4) is 0 Å². The first-order valence-electron chi connectivity index (χ1n) is 2.19. The Labute approximate surface area is 52.1 Å². The third-order valence-corrected chi connectivity index (χ3v) is 0.708. The minimum atomic E-state index is -0.373. The fourth-order valence-electron chi connectivity index (χ4n) is 0.265. The number of carbonyl (C=O) groups is 1. The minimum absolute atomic E-state index is 0.373. The van der Waals surface area contributed by atoms with Gasteiger partial charge in [-0.25, -0.2) is 4.79 Å². The molecule has 0 spiro atoms.